The standard InChI is InChI=1S/C19H20O5/c1-4-13-5-7-16(17(9-13)21-3)24-12(2)19(20)14-6-8-15-18(10-14)23-11-22-15/h4-10,12,19-20H,1,11H2,2-3H3/t12-,19-/m1/s1. The van der Waals surface area contributed by atoms with E-state index in [0.717, 1.165) is 5.56 Å². The molecule has 2 aromatic carbocycles. The van der Waals surface area contributed by atoms with Crippen LogP contribution >= 0.6 is 0 Å². The molecule has 3 rings (SSSR count). The molecule has 5 nitrogen and oxygen atoms in total. The minimum absolute atomic E-state index is 0.202. The number of aliphatic hydroxyl groups excluding tert-OH is 1. The molecule has 2 atom stereocenters. The summed E-state index contributed by atoms with van der Waals surface area (Å²) >= 11 is 0. The van der Waals surface area contributed by atoms with E-state index in [-0.39, 0.29) is 6.79 Å². The van der Waals surface area contributed by atoms with Crippen LogP contribution in [0.3, 0.4) is 0 Å². The second kappa shape index (κ2) is 6.84. The van der Waals surface area contributed by atoms with Gasteiger partial charge in [-0.05, 0) is 42.3 Å². The van der Waals surface area contributed by atoms with Crippen LogP contribution in [0.5, 0.6) is 23.0 Å². The van der Waals surface area contributed by atoms with Crippen molar-refractivity contribution < 1.29 is 24.1 Å². The highest BCUT2D eigenvalue weighted by Crippen LogP contribution is 2.36. The Morgan fingerprint density at radius 1 is 1.12 bits per heavy atom. The van der Waals surface area contributed by atoms with Gasteiger partial charge >= 0.3 is 0 Å². The Labute approximate surface area is 141 Å². The first-order valence-corrected chi connectivity index (χ1v) is 7.67. The third-order valence-corrected chi connectivity index (χ3v) is 3.92. The molecule has 0 spiro atoms. The van der Waals surface area contributed by atoms with E-state index in [4.69, 9.17) is 18.9 Å². The van der Waals surface area contributed by atoms with E-state index in [2.05, 4.69) is 6.58 Å². The number of benzene rings is 2. The number of rotatable bonds is 6. The molecular weight excluding hydrogens is 308 g/mol. The SMILES string of the molecule is C=Cc1ccc(O[C@H](C)[C@@H](O)c2ccc3c(c2)OCO3)c(OC)c1. The Balaban J connectivity index is 1.77. The van der Waals surface area contributed by atoms with E-state index >= 15 is 0 Å². The predicted octanol–water partition coefficient (Wildman–Crippen LogP) is 3.57. The van der Waals surface area contributed by atoms with Crippen LogP contribution in [0.25, 0.3) is 6.08 Å². The molecule has 0 amide bonds. The molecule has 0 unspecified atom stereocenters. The van der Waals surface area contributed by atoms with Gasteiger partial charge in [0.15, 0.2) is 23.0 Å². The summed E-state index contributed by atoms with van der Waals surface area (Å²) in [6.45, 7) is 5.74. The van der Waals surface area contributed by atoms with Crippen molar-refractivity contribution in [1.29, 1.82) is 0 Å². The second-order valence-corrected chi connectivity index (χ2v) is 5.49. The van der Waals surface area contributed by atoms with Crippen LogP contribution in [0.15, 0.2) is 43.0 Å². The van der Waals surface area contributed by atoms with Crippen LogP contribution in [0, 0.1) is 0 Å². The zero-order chi connectivity index (χ0) is 17.1. The zero-order valence-electron chi connectivity index (χ0n) is 13.7. The summed E-state index contributed by atoms with van der Waals surface area (Å²) in [5.41, 5.74) is 1.64. The Morgan fingerprint density at radius 3 is 2.67 bits per heavy atom. The molecule has 0 saturated carbocycles. The maximum absolute atomic E-state index is 10.6. The van der Waals surface area contributed by atoms with Gasteiger partial charge in [0, 0.05) is 0 Å². The van der Waals surface area contributed by atoms with Crippen molar-refractivity contribution in [1.82, 2.24) is 0 Å². The van der Waals surface area contributed by atoms with Gasteiger partial charge in [-0.15, -0.1) is 0 Å². The second-order valence-electron chi connectivity index (χ2n) is 5.49. The number of hydrogen-bond acceptors (Lipinski definition) is 5. The molecule has 0 aliphatic carbocycles. The number of hydrogen-bond donors (Lipinski definition) is 1. The van der Waals surface area contributed by atoms with Gasteiger partial charge in [0.1, 0.15) is 12.2 Å². The number of fused-ring (bicyclic) bond motifs is 1. The lowest BCUT2D eigenvalue weighted by atomic mass is 10.0. The minimum atomic E-state index is -0.816. The highest BCUT2D eigenvalue weighted by molar-refractivity contribution is 5.54. The largest absolute Gasteiger partial charge is 0.493 e. The van der Waals surface area contributed by atoms with Crippen LogP contribution in [-0.2, 0) is 0 Å². The Hall–Kier alpha value is -2.66. The van der Waals surface area contributed by atoms with Gasteiger partial charge in [-0.25, -0.2) is 0 Å². The quantitative estimate of drug-likeness (QED) is 0.878. The molecule has 5 heteroatoms. The monoisotopic (exact) mass is 328 g/mol. The van der Waals surface area contributed by atoms with Crippen LogP contribution in [0.4, 0.5) is 0 Å². The molecular formula is C19H20O5. The van der Waals surface area contributed by atoms with Crippen molar-refractivity contribution in [2.24, 2.45) is 0 Å². The van der Waals surface area contributed by atoms with E-state index in [1.165, 1.54) is 0 Å². The molecule has 1 aliphatic rings. The Bertz CT molecular complexity index is 741. The van der Waals surface area contributed by atoms with Crippen LogP contribution in [-0.4, -0.2) is 25.1 Å². The van der Waals surface area contributed by atoms with E-state index < -0.39 is 12.2 Å². The lowest BCUT2D eigenvalue weighted by molar-refractivity contribution is 0.0450. The first kappa shape index (κ1) is 16.2. The molecule has 1 N–H and O–H groups in total. The van der Waals surface area contributed by atoms with Gasteiger partial charge in [0.05, 0.1) is 7.11 Å². The summed E-state index contributed by atoms with van der Waals surface area (Å²) in [4.78, 5) is 0. The van der Waals surface area contributed by atoms with Crippen molar-refractivity contribution in [3.63, 3.8) is 0 Å². The molecule has 0 aromatic heterocycles. The fraction of sp³-hybridized carbons (Fsp3) is 0.263. The Morgan fingerprint density at radius 2 is 1.92 bits per heavy atom. The minimum Gasteiger partial charge on any atom is -0.493 e. The van der Waals surface area contributed by atoms with E-state index in [1.807, 2.05) is 12.1 Å². The third-order valence-electron chi connectivity index (χ3n) is 3.92. The molecule has 126 valence electrons. The molecule has 0 saturated heterocycles. The Kier molecular flexibility index (Phi) is 4.62. The molecule has 1 heterocycles. The maximum Gasteiger partial charge on any atom is 0.231 e. The van der Waals surface area contributed by atoms with Gasteiger partial charge in [-0.1, -0.05) is 24.8 Å². The lowest BCUT2D eigenvalue weighted by Crippen LogP contribution is -2.22. The molecule has 1 aliphatic heterocycles. The summed E-state index contributed by atoms with van der Waals surface area (Å²) in [5.74, 6) is 2.47. The van der Waals surface area contributed by atoms with Gasteiger partial charge in [0.2, 0.25) is 6.79 Å². The summed E-state index contributed by atoms with van der Waals surface area (Å²) in [5, 5.41) is 10.6. The molecule has 0 radical (unpaired) electrons. The van der Waals surface area contributed by atoms with Crippen molar-refractivity contribution in [2.45, 2.75) is 19.1 Å². The normalized spacial score (nSPS) is 14.8. The average Bonchev–Trinajstić information content (AvgIpc) is 3.08. The van der Waals surface area contributed by atoms with Gasteiger partial charge in [-0.2, -0.15) is 0 Å². The fourth-order valence-electron chi connectivity index (χ4n) is 2.54. The summed E-state index contributed by atoms with van der Waals surface area (Å²) in [6, 6.07) is 10.9. The van der Waals surface area contributed by atoms with E-state index in [0.29, 0.717) is 28.6 Å². The van der Waals surface area contributed by atoms with Crippen molar-refractivity contribution in [3.8, 4) is 23.0 Å². The highest BCUT2D eigenvalue weighted by atomic mass is 16.7. The maximum atomic E-state index is 10.6. The molecule has 24 heavy (non-hydrogen) atoms. The predicted molar refractivity (Wildman–Crippen MR) is 90.7 cm³/mol. The highest BCUT2D eigenvalue weighted by Gasteiger charge is 2.22. The van der Waals surface area contributed by atoms with Crippen LogP contribution < -0.4 is 18.9 Å². The zero-order valence-corrected chi connectivity index (χ0v) is 13.7. The molecule has 2 aromatic rings. The van der Waals surface area contributed by atoms with Crippen molar-refractivity contribution >= 4 is 6.08 Å². The number of aliphatic hydroxyl groups is 1. The number of ether oxygens (including phenoxy) is 4. The first-order valence-electron chi connectivity index (χ1n) is 7.67. The summed E-state index contributed by atoms with van der Waals surface area (Å²) in [6.07, 6.45) is 0.439. The molecule has 0 bridgehead atoms. The van der Waals surface area contributed by atoms with Gasteiger partial charge < -0.3 is 24.1 Å². The first-order chi connectivity index (χ1) is 11.6. The van der Waals surface area contributed by atoms with Crippen LogP contribution in [0.1, 0.15) is 24.2 Å². The smallest absolute Gasteiger partial charge is 0.231 e. The molecule has 0 fully saturated rings. The summed E-state index contributed by atoms with van der Waals surface area (Å²) in [7, 11) is 1.58. The van der Waals surface area contributed by atoms with Crippen molar-refractivity contribution in [3.05, 3.63) is 54.1 Å². The average molecular weight is 328 g/mol. The lowest BCUT2D eigenvalue weighted by Gasteiger charge is -2.22. The van der Waals surface area contributed by atoms with E-state index in [1.54, 1.807) is 44.4 Å². The third kappa shape index (κ3) is 3.16. The van der Waals surface area contributed by atoms with Gasteiger partial charge in [0.25, 0.3) is 0 Å². The van der Waals surface area contributed by atoms with Crippen molar-refractivity contribution in [2.75, 3.05) is 13.9 Å². The van der Waals surface area contributed by atoms with Gasteiger partial charge in [-0.3, -0.25) is 0 Å². The topological polar surface area (TPSA) is 57.2 Å². The fourth-order valence-corrected chi connectivity index (χ4v) is 2.54. The number of methoxy groups -OCH3 is 1. The summed E-state index contributed by atoms with van der Waals surface area (Å²) < 4.78 is 21.9. The van der Waals surface area contributed by atoms with Crippen LogP contribution in [0.2, 0.25) is 0 Å². The van der Waals surface area contributed by atoms with E-state index in [9.17, 15) is 5.11 Å².